The zero-order valence-corrected chi connectivity index (χ0v) is 12.7. The van der Waals surface area contributed by atoms with Gasteiger partial charge in [-0.2, -0.15) is 0 Å². The second-order valence-corrected chi connectivity index (χ2v) is 6.59. The Labute approximate surface area is 117 Å². The molecule has 100 valence electrons. The van der Waals surface area contributed by atoms with E-state index in [4.69, 9.17) is 0 Å². The lowest BCUT2D eigenvalue weighted by atomic mass is 9.82. The molecule has 3 heteroatoms. The van der Waals surface area contributed by atoms with Crippen molar-refractivity contribution in [3.63, 3.8) is 0 Å². The predicted molar refractivity (Wildman–Crippen MR) is 77.2 cm³/mol. The summed E-state index contributed by atoms with van der Waals surface area (Å²) in [6, 6.07) is 5.33. The van der Waals surface area contributed by atoms with Crippen LogP contribution in [0.4, 0.5) is 4.39 Å². The second kappa shape index (κ2) is 5.70. The molecule has 1 atom stereocenters. The molecule has 1 aromatic carbocycles. The monoisotopic (exact) mass is 313 g/mol. The van der Waals surface area contributed by atoms with E-state index in [2.05, 4.69) is 35.1 Å². The zero-order valence-electron chi connectivity index (χ0n) is 11.1. The maximum Gasteiger partial charge on any atom is 0.137 e. The third-order valence-corrected chi connectivity index (χ3v) is 4.58. The largest absolute Gasteiger partial charge is 0.311 e. The average Bonchev–Trinajstić information content (AvgIpc) is 2.72. The highest BCUT2D eigenvalue weighted by Gasteiger charge is 2.34. The van der Waals surface area contributed by atoms with E-state index in [1.807, 2.05) is 6.07 Å². The van der Waals surface area contributed by atoms with Crippen molar-refractivity contribution in [3.8, 4) is 0 Å². The van der Waals surface area contributed by atoms with Gasteiger partial charge >= 0.3 is 0 Å². The fourth-order valence-corrected chi connectivity index (χ4v) is 3.50. The normalized spacial score (nSPS) is 23.8. The summed E-state index contributed by atoms with van der Waals surface area (Å²) in [5, 5.41) is 3.65. The van der Waals surface area contributed by atoms with Crippen molar-refractivity contribution in [1.29, 1.82) is 0 Å². The molecule has 0 bridgehead atoms. The Bertz CT molecular complexity index is 411. The van der Waals surface area contributed by atoms with E-state index in [9.17, 15) is 4.39 Å². The molecule has 1 nitrogen and oxygen atoms in total. The van der Waals surface area contributed by atoms with Gasteiger partial charge < -0.3 is 5.32 Å². The average molecular weight is 314 g/mol. The standard InChI is InChI=1S/C15H21BrFN/c1-11(2)9-15(7-4-8-18-15)10-12-5-3-6-13(17)14(12)16/h3,5-6,11,18H,4,7-10H2,1-2H3. The molecular formula is C15H21BrFN. The molecule has 1 aliphatic rings. The van der Waals surface area contributed by atoms with Gasteiger partial charge in [0, 0.05) is 5.54 Å². The van der Waals surface area contributed by atoms with Crippen LogP contribution >= 0.6 is 15.9 Å². The number of halogens is 2. The van der Waals surface area contributed by atoms with Gasteiger partial charge in [-0.1, -0.05) is 26.0 Å². The van der Waals surface area contributed by atoms with Crippen LogP contribution in [0.1, 0.15) is 38.7 Å². The molecule has 1 N–H and O–H groups in total. The van der Waals surface area contributed by atoms with Crippen LogP contribution < -0.4 is 5.32 Å². The molecule has 1 heterocycles. The number of rotatable bonds is 4. The number of benzene rings is 1. The molecule has 1 unspecified atom stereocenters. The number of hydrogen-bond donors (Lipinski definition) is 1. The lowest BCUT2D eigenvalue weighted by Crippen LogP contribution is -2.43. The van der Waals surface area contributed by atoms with Gasteiger partial charge in [-0.15, -0.1) is 0 Å². The van der Waals surface area contributed by atoms with Gasteiger partial charge in [-0.25, -0.2) is 4.39 Å². The molecule has 1 aromatic rings. The third kappa shape index (κ3) is 3.12. The molecule has 0 amide bonds. The summed E-state index contributed by atoms with van der Waals surface area (Å²) >= 11 is 3.38. The first-order chi connectivity index (χ1) is 8.52. The van der Waals surface area contributed by atoms with E-state index in [1.165, 1.54) is 18.9 Å². The van der Waals surface area contributed by atoms with Gasteiger partial charge in [-0.05, 0) is 65.7 Å². The Hall–Kier alpha value is -0.410. The molecule has 18 heavy (non-hydrogen) atoms. The van der Waals surface area contributed by atoms with Crippen LogP contribution in [0.5, 0.6) is 0 Å². The van der Waals surface area contributed by atoms with Gasteiger partial charge in [0.2, 0.25) is 0 Å². The van der Waals surface area contributed by atoms with Crippen molar-refractivity contribution in [2.45, 2.75) is 45.1 Å². The van der Waals surface area contributed by atoms with Crippen molar-refractivity contribution >= 4 is 15.9 Å². The van der Waals surface area contributed by atoms with Crippen LogP contribution in [0.2, 0.25) is 0 Å². The number of hydrogen-bond acceptors (Lipinski definition) is 1. The van der Waals surface area contributed by atoms with Crippen LogP contribution in [0.3, 0.4) is 0 Å². The molecule has 2 rings (SSSR count). The smallest absolute Gasteiger partial charge is 0.137 e. The van der Waals surface area contributed by atoms with Gasteiger partial charge in [0.05, 0.1) is 4.47 Å². The molecule has 0 aromatic heterocycles. The molecular weight excluding hydrogens is 293 g/mol. The molecule has 0 aliphatic carbocycles. The van der Waals surface area contributed by atoms with E-state index in [0.717, 1.165) is 24.9 Å². The van der Waals surface area contributed by atoms with E-state index in [0.29, 0.717) is 10.4 Å². The van der Waals surface area contributed by atoms with Crippen molar-refractivity contribution in [3.05, 3.63) is 34.1 Å². The summed E-state index contributed by atoms with van der Waals surface area (Å²) in [4.78, 5) is 0. The third-order valence-electron chi connectivity index (χ3n) is 3.69. The van der Waals surface area contributed by atoms with Crippen LogP contribution in [0, 0.1) is 11.7 Å². The fraction of sp³-hybridized carbons (Fsp3) is 0.600. The van der Waals surface area contributed by atoms with E-state index in [-0.39, 0.29) is 11.4 Å². The first kappa shape index (κ1) is 14.0. The van der Waals surface area contributed by atoms with Gasteiger partial charge in [0.1, 0.15) is 5.82 Å². The van der Waals surface area contributed by atoms with Crippen LogP contribution in [0.15, 0.2) is 22.7 Å². The van der Waals surface area contributed by atoms with Crippen LogP contribution in [0.25, 0.3) is 0 Å². The maximum absolute atomic E-state index is 13.6. The molecule has 0 radical (unpaired) electrons. The second-order valence-electron chi connectivity index (χ2n) is 5.80. The molecule has 0 spiro atoms. The molecule has 0 saturated carbocycles. The zero-order chi connectivity index (χ0) is 13.2. The Morgan fingerprint density at radius 2 is 2.22 bits per heavy atom. The van der Waals surface area contributed by atoms with E-state index < -0.39 is 0 Å². The van der Waals surface area contributed by atoms with Crippen molar-refractivity contribution in [1.82, 2.24) is 5.32 Å². The molecule has 1 saturated heterocycles. The summed E-state index contributed by atoms with van der Waals surface area (Å²) in [5.41, 5.74) is 1.23. The first-order valence-electron chi connectivity index (χ1n) is 6.70. The van der Waals surface area contributed by atoms with Gasteiger partial charge in [-0.3, -0.25) is 0 Å². The highest BCUT2D eigenvalue weighted by atomic mass is 79.9. The Morgan fingerprint density at radius 1 is 1.44 bits per heavy atom. The molecule has 1 fully saturated rings. The van der Waals surface area contributed by atoms with Crippen molar-refractivity contribution in [2.24, 2.45) is 5.92 Å². The fourth-order valence-electron chi connectivity index (χ4n) is 3.10. The highest BCUT2D eigenvalue weighted by Crippen LogP contribution is 2.33. The first-order valence-corrected chi connectivity index (χ1v) is 7.50. The topological polar surface area (TPSA) is 12.0 Å². The van der Waals surface area contributed by atoms with Crippen LogP contribution in [-0.2, 0) is 6.42 Å². The highest BCUT2D eigenvalue weighted by molar-refractivity contribution is 9.10. The summed E-state index contributed by atoms with van der Waals surface area (Å²) < 4.78 is 14.2. The lowest BCUT2D eigenvalue weighted by molar-refractivity contribution is 0.301. The minimum absolute atomic E-state index is 0.157. The van der Waals surface area contributed by atoms with Gasteiger partial charge in [0.25, 0.3) is 0 Å². The van der Waals surface area contributed by atoms with Crippen molar-refractivity contribution in [2.75, 3.05) is 6.54 Å². The Balaban J connectivity index is 2.21. The van der Waals surface area contributed by atoms with Crippen molar-refractivity contribution < 1.29 is 4.39 Å². The van der Waals surface area contributed by atoms with E-state index >= 15 is 0 Å². The number of nitrogens with one attached hydrogen (secondary N) is 1. The minimum Gasteiger partial charge on any atom is -0.311 e. The summed E-state index contributed by atoms with van der Waals surface area (Å²) in [7, 11) is 0. The summed E-state index contributed by atoms with van der Waals surface area (Å²) in [5.74, 6) is 0.494. The quantitative estimate of drug-likeness (QED) is 0.874. The Morgan fingerprint density at radius 3 is 2.83 bits per heavy atom. The summed E-state index contributed by atoms with van der Waals surface area (Å²) in [6.07, 6.45) is 4.47. The minimum atomic E-state index is -0.162. The van der Waals surface area contributed by atoms with Crippen LogP contribution in [-0.4, -0.2) is 12.1 Å². The lowest BCUT2D eigenvalue weighted by Gasteiger charge is -2.32. The Kier molecular flexibility index (Phi) is 4.44. The van der Waals surface area contributed by atoms with E-state index in [1.54, 1.807) is 6.07 Å². The SMILES string of the molecule is CC(C)CC1(Cc2cccc(F)c2Br)CCCN1. The molecule has 1 aliphatic heterocycles. The predicted octanol–water partition coefficient (Wildman–Crippen LogP) is 4.30. The summed E-state index contributed by atoms with van der Waals surface area (Å²) in [6.45, 7) is 5.59. The van der Waals surface area contributed by atoms with Gasteiger partial charge in [0.15, 0.2) is 0 Å². The maximum atomic E-state index is 13.6.